The van der Waals surface area contributed by atoms with Crippen LogP contribution in [-0.2, 0) is 10.5 Å². The Kier molecular flexibility index (Phi) is 3.61. The first kappa shape index (κ1) is 16.1. The number of likely N-dealkylation sites (N-methyl/N-ethyl adjacent to an activating group) is 1. The lowest BCUT2D eigenvalue weighted by Crippen LogP contribution is -2.51. The highest BCUT2D eigenvalue weighted by molar-refractivity contribution is 6.14. The van der Waals surface area contributed by atoms with E-state index in [1.54, 1.807) is 17.0 Å². The summed E-state index contributed by atoms with van der Waals surface area (Å²) in [5.41, 5.74) is 6.54. The molecular formula is C18H17FN6O. The van der Waals surface area contributed by atoms with Gasteiger partial charge in [0, 0.05) is 17.8 Å². The second-order valence-corrected chi connectivity index (χ2v) is 5.95. The number of benzene rings is 2. The molecule has 1 amide bonds. The van der Waals surface area contributed by atoms with Crippen LogP contribution in [-0.4, -0.2) is 24.4 Å². The minimum atomic E-state index is -1.45. The topological polar surface area (TPSA) is 95.1 Å². The second-order valence-electron chi connectivity index (χ2n) is 5.95. The molecule has 0 bridgehead atoms. The number of nitrogens with one attached hydrogen (secondary N) is 2. The van der Waals surface area contributed by atoms with Crippen molar-refractivity contribution in [3.05, 3.63) is 59.9 Å². The SMILES string of the molecule is CCN1C(=O)[C@]2(N=C(N)NC(Nc3ccc(F)cc3)=N2)c2ccccc21. The van der Waals surface area contributed by atoms with E-state index in [1.165, 1.54) is 12.1 Å². The molecule has 0 saturated carbocycles. The van der Waals surface area contributed by atoms with Crippen LogP contribution >= 0.6 is 0 Å². The number of amides is 1. The summed E-state index contributed by atoms with van der Waals surface area (Å²) in [6.07, 6.45) is 0. The number of carbonyl (C=O) groups excluding carboxylic acids is 1. The second kappa shape index (κ2) is 5.83. The van der Waals surface area contributed by atoms with Gasteiger partial charge in [0.1, 0.15) is 5.82 Å². The molecular weight excluding hydrogens is 335 g/mol. The van der Waals surface area contributed by atoms with Gasteiger partial charge in [0.25, 0.3) is 11.6 Å². The fourth-order valence-corrected chi connectivity index (χ4v) is 3.21. The van der Waals surface area contributed by atoms with Crippen molar-refractivity contribution < 1.29 is 9.18 Å². The first-order valence-electron chi connectivity index (χ1n) is 8.20. The molecule has 0 unspecified atom stereocenters. The van der Waals surface area contributed by atoms with Gasteiger partial charge < -0.3 is 16.0 Å². The zero-order valence-electron chi connectivity index (χ0n) is 14.0. The zero-order valence-corrected chi connectivity index (χ0v) is 14.0. The number of rotatable bonds is 2. The van der Waals surface area contributed by atoms with E-state index in [4.69, 9.17) is 5.73 Å². The van der Waals surface area contributed by atoms with Crippen molar-refractivity contribution >= 4 is 29.2 Å². The van der Waals surface area contributed by atoms with E-state index in [2.05, 4.69) is 20.6 Å². The summed E-state index contributed by atoms with van der Waals surface area (Å²) in [5, 5.41) is 5.83. The molecule has 2 heterocycles. The summed E-state index contributed by atoms with van der Waals surface area (Å²) < 4.78 is 13.1. The number of aliphatic imine (C=N–C) groups is 2. The van der Waals surface area contributed by atoms with Crippen molar-refractivity contribution in [2.45, 2.75) is 12.6 Å². The number of halogens is 1. The normalized spacial score (nSPS) is 21.2. The summed E-state index contributed by atoms with van der Waals surface area (Å²) in [5.74, 6) is -0.259. The Morgan fingerprint density at radius 1 is 1.19 bits per heavy atom. The van der Waals surface area contributed by atoms with Crippen LogP contribution in [0.5, 0.6) is 0 Å². The lowest BCUT2D eigenvalue weighted by atomic mass is 10.0. The van der Waals surface area contributed by atoms with Crippen molar-refractivity contribution in [1.82, 2.24) is 5.32 Å². The fraction of sp³-hybridized carbons (Fsp3) is 0.167. The molecule has 0 fully saturated rings. The predicted molar refractivity (Wildman–Crippen MR) is 98.4 cm³/mol. The van der Waals surface area contributed by atoms with Gasteiger partial charge in [0.15, 0.2) is 5.96 Å². The monoisotopic (exact) mass is 352 g/mol. The van der Waals surface area contributed by atoms with E-state index in [9.17, 15) is 9.18 Å². The number of guanidine groups is 2. The molecule has 2 aliphatic heterocycles. The van der Waals surface area contributed by atoms with Gasteiger partial charge in [-0.25, -0.2) is 14.4 Å². The molecule has 4 N–H and O–H groups in total. The Balaban J connectivity index is 1.79. The first-order valence-corrected chi connectivity index (χ1v) is 8.20. The van der Waals surface area contributed by atoms with Crippen molar-refractivity contribution in [1.29, 1.82) is 0 Å². The number of anilines is 2. The number of nitrogens with two attached hydrogens (primary N) is 1. The third-order valence-electron chi connectivity index (χ3n) is 4.34. The fourth-order valence-electron chi connectivity index (χ4n) is 3.21. The molecule has 0 aromatic heterocycles. The van der Waals surface area contributed by atoms with Gasteiger partial charge >= 0.3 is 0 Å². The number of hydrogen-bond donors (Lipinski definition) is 3. The average Bonchev–Trinajstić information content (AvgIpc) is 2.85. The van der Waals surface area contributed by atoms with Crippen LogP contribution in [0.3, 0.4) is 0 Å². The minimum absolute atomic E-state index is 0.0747. The highest BCUT2D eigenvalue weighted by Gasteiger charge is 2.52. The van der Waals surface area contributed by atoms with E-state index in [1.807, 2.05) is 31.2 Å². The number of hydrogen-bond acceptors (Lipinski definition) is 6. The number of nitrogens with zero attached hydrogens (tertiary/aromatic N) is 3. The number of carbonyl (C=O) groups is 1. The summed E-state index contributed by atoms with van der Waals surface area (Å²) >= 11 is 0. The molecule has 1 atom stereocenters. The smallest absolute Gasteiger partial charge is 0.282 e. The Hall–Kier alpha value is -3.42. The molecule has 7 nitrogen and oxygen atoms in total. The first-order chi connectivity index (χ1) is 12.5. The maximum Gasteiger partial charge on any atom is 0.282 e. The molecule has 2 aromatic carbocycles. The Labute approximate surface area is 149 Å². The summed E-state index contributed by atoms with van der Waals surface area (Å²) in [6.45, 7) is 2.39. The van der Waals surface area contributed by atoms with Crippen molar-refractivity contribution in [3.63, 3.8) is 0 Å². The molecule has 0 saturated heterocycles. The third-order valence-corrected chi connectivity index (χ3v) is 4.34. The van der Waals surface area contributed by atoms with Crippen molar-refractivity contribution in [2.24, 2.45) is 15.7 Å². The van der Waals surface area contributed by atoms with Gasteiger partial charge in [-0.3, -0.25) is 10.1 Å². The minimum Gasteiger partial charge on any atom is -0.370 e. The van der Waals surface area contributed by atoms with Gasteiger partial charge in [-0.15, -0.1) is 0 Å². The zero-order chi connectivity index (χ0) is 18.3. The van der Waals surface area contributed by atoms with Crippen LogP contribution in [0, 0.1) is 5.82 Å². The van der Waals surface area contributed by atoms with Gasteiger partial charge in [-0.2, -0.15) is 0 Å². The van der Waals surface area contributed by atoms with Crippen LogP contribution < -0.4 is 21.3 Å². The molecule has 4 rings (SSSR count). The van der Waals surface area contributed by atoms with Gasteiger partial charge in [0.2, 0.25) is 5.96 Å². The van der Waals surface area contributed by atoms with Crippen LogP contribution in [0.15, 0.2) is 58.5 Å². The summed E-state index contributed by atoms with van der Waals surface area (Å²) in [6, 6.07) is 13.2. The van der Waals surface area contributed by atoms with Crippen molar-refractivity contribution in [2.75, 3.05) is 16.8 Å². The Morgan fingerprint density at radius 3 is 2.65 bits per heavy atom. The van der Waals surface area contributed by atoms with E-state index in [0.29, 0.717) is 17.8 Å². The predicted octanol–water partition coefficient (Wildman–Crippen LogP) is 1.73. The van der Waals surface area contributed by atoms with E-state index < -0.39 is 5.66 Å². The van der Waals surface area contributed by atoms with E-state index >= 15 is 0 Å². The highest BCUT2D eigenvalue weighted by atomic mass is 19.1. The van der Waals surface area contributed by atoms with E-state index in [0.717, 1.165) is 5.69 Å². The molecule has 132 valence electrons. The standard InChI is InChI=1S/C18H17FN6O/c1-2-25-14-6-4-3-5-13(14)18(15(25)26)23-16(20)22-17(24-18)21-12-9-7-11(19)8-10-12/h3-10H,2H2,1H3,(H4,20,21,22,23,24)/t18-/m0/s1. The van der Waals surface area contributed by atoms with Gasteiger partial charge in [0.05, 0.1) is 5.69 Å². The molecule has 8 heteroatoms. The third kappa shape index (κ3) is 2.38. The Bertz CT molecular complexity index is 939. The lowest BCUT2D eigenvalue weighted by molar-refractivity contribution is -0.122. The highest BCUT2D eigenvalue weighted by Crippen LogP contribution is 2.44. The van der Waals surface area contributed by atoms with Crippen LogP contribution in [0.25, 0.3) is 0 Å². The molecule has 0 radical (unpaired) electrons. The van der Waals surface area contributed by atoms with Crippen molar-refractivity contribution in [3.8, 4) is 0 Å². The van der Waals surface area contributed by atoms with Gasteiger partial charge in [-0.05, 0) is 37.3 Å². The molecule has 0 aliphatic carbocycles. The maximum absolute atomic E-state index is 13.1. The number of fused-ring (bicyclic) bond motifs is 2. The van der Waals surface area contributed by atoms with Crippen LogP contribution in [0.1, 0.15) is 12.5 Å². The summed E-state index contributed by atoms with van der Waals surface area (Å²) in [4.78, 5) is 23.6. The quantitative estimate of drug-likeness (QED) is 0.767. The van der Waals surface area contributed by atoms with Crippen LogP contribution in [0.2, 0.25) is 0 Å². The molecule has 26 heavy (non-hydrogen) atoms. The largest absolute Gasteiger partial charge is 0.370 e. The van der Waals surface area contributed by atoms with Gasteiger partial charge in [-0.1, -0.05) is 18.2 Å². The lowest BCUT2D eigenvalue weighted by Gasteiger charge is -2.27. The molecule has 1 spiro atoms. The molecule has 2 aromatic rings. The van der Waals surface area contributed by atoms with E-state index in [-0.39, 0.29) is 23.6 Å². The van der Waals surface area contributed by atoms with Crippen LogP contribution in [0.4, 0.5) is 15.8 Å². The summed E-state index contributed by atoms with van der Waals surface area (Å²) in [7, 11) is 0. The maximum atomic E-state index is 13.1. The Morgan fingerprint density at radius 2 is 1.92 bits per heavy atom. The number of para-hydroxylation sites is 1. The average molecular weight is 352 g/mol. The molecule has 2 aliphatic rings.